The molecule has 1 aliphatic rings. The van der Waals surface area contributed by atoms with Gasteiger partial charge in [-0.25, -0.2) is 0 Å². The molecule has 0 saturated heterocycles. The Hall–Kier alpha value is -0.770. The Bertz CT molecular complexity index is 142. The van der Waals surface area contributed by atoms with Crippen molar-refractivity contribution in [1.82, 2.24) is 0 Å². The van der Waals surface area contributed by atoms with Crippen molar-refractivity contribution in [1.29, 1.82) is 5.26 Å². The summed E-state index contributed by atoms with van der Waals surface area (Å²) in [6.07, 6.45) is 8.62. The van der Waals surface area contributed by atoms with Gasteiger partial charge in [0.15, 0.2) is 0 Å². The smallest absolute Gasteiger partial charge is 0.0911 e. The van der Waals surface area contributed by atoms with Crippen LogP contribution in [0.5, 0.6) is 0 Å². The molecule has 1 nitrogen and oxygen atoms in total. The Kier molecular flexibility index (Phi) is 2.32. The molecule has 0 spiro atoms. The van der Waals surface area contributed by atoms with Crippen molar-refractivity contribution in [3.8, 4) is 6.07 Å². The van der Waals surface area contributed by atoms with Gasteiger partial charge in [-0.1, -0.05) is 12.0 Å². The molecule has 0 bridgehead atoms. The third kappa shape index (κ3) is 1.89. The summed E-state index contributed by atoms with van der Waals surface area (Å²) in [5.74, 6) is 0. The fraction of sp³-hybridized carbons (Fsp3) is 0.500. The summed E-state index contributed by atoms with van der Waals surface area (Å²) < 4.78 is 0. The van der Waals surface area contributed by atoms with Crippen LogP contribution in [0.2, 0.25) is 0 Å². The van der Waals surface area contributed by atoms with Gasteiger partial charge >= 0.3 is 0 Å². The van der Waals surface area contributed by atoms with E-state index in [0.29, 0.717) is 0 Å². The molecule has 0 N–H and O–H groups in total. The number of nitrogens with zero attached hydrogens (tertiary/aromatic N) is 1. The van der Waals surface area contributed by atoms with Gasteiger partial charge in [-0.05, 0) is 25.7 Å². The molecule has 1 fully saturated rings. The number of rotatable bonds is 0. The number of hydrogen-bond donors (Lipinski definition) is 0. The van der Waals surface area contributed by atoms with Gasteiger partial charge in [0.1, 0.15) is 0 Å². The third-order valence-corrected chi connectivity index (χ3v) is 1.58. The second-order valence-corrected chi connectivity index (χ2v) is 2.30. The molecule has 0 aromatic heterocycles. The van der Waals surface area contributed by atoms with Crippen molar-refractivity contribution in [2.75, 3.05) is 0 Å². The van der Waals surface area contributed by atoms with Crippen LogP contribution >= 0.6 is 0 Å². The van der Waals surface area contributed by atoms with Crippen molar-refractivity contribution in [2.45, 2.75) is 25.7 Å². The van der Waals surface area contributed by atoms with E-state index in [0.717, 1.165) is 12.8 Å². The molecule has 0 aliphatic heterocycles. The standard InChI is InChI=1S/C8H10N/c9-7-6-8-4-2-1-3-5-8/h4,6H,1-3,5H2/b8-6+. The van der Waals surface area contributed by atoms with Gasteiger partial charge in [-0.3, -0.25) is 0 Å². The van der Waals surface area contributed by atoms with Crippen LogP contribution in [-0.4, -0.2) is 0 Å². The first-order chi connectivity index (χ1) is 4.43. The normalized spacial score (nSPS) is 23.7. The first-order valence-electron chi connectivity index (χ1n) is 3.35. The summed E-state index contributed by atoms with van der Waals surface area (Å²) in [6, 6.07) is 2.04. The average molecular weight is 120 g/mol. The zero-order chi connectivity index (χ0) is 6.53. The lowest BCUT2D eigenvalue weighted by molar-refractivity contribution is 0.675. The summed E-state index contributed by atoms with van der Waals surface area (Å²) >= 11 is 0. The van der Waals surface area contributed by atoms with Crippen molar-refractivity contribution >= 4 is 0 Å². The minimum absolute atomic E-state index is 1.10. The van der Waals surface area contributed by atoms with Gasteiger partial charge in [0, 0.05) is 6.08 Å². The highest BCUT2D eigenvalue weighted by molar-refractivity contribution is 5.22. The van der Waals surface area contributed by atoms with Crippen LogP contribution in [0, 0.1) is 17.8 Å². The van der Waals surface area contributed by atoms with Crippen LogP contribution in [0.25, 0.3) is 0 Å². The van der Waals surface area contributed by atoms with E-state index in [4.69, 9.17) is 5.26 Å². The highest BCUT2D eigenvalue weighted by Crippen LogP contribution is 2.20. The lowest BCUT2D eigenvalue weighted by Crippen LogP contribution is -1.93. The topological polar surface area (TPSA) is 23.8 Å². The fourth-order valence-electron chi connectivity index (χ4n) is 1.08. The highest BCUT2D eigenvalue weighted by atomic mass is 14.2. The molecule has 1 saturated carbocycles. The summed E-state index contributed by atoms with van der Waals surface area (Å²) in [6.45, 7) is 0. The molecule has 1 radical (unpaired) electrons. The van der Waals surface area contributed by atoms with Gasteiger partial charge in [0.25, 0.3) is 0 Å². The third-order valence-electron chi connectivity index (χ3n) is 1.58. The Morgan fingerprint density at radius 3 is 3.00 bits per heavy atom. The van der Waals surface area contributed by atoms with Crippen LogP contribution in [0.3, 0.4) is 0 Å². The van der Waals surface area contributed by atoms with Gasteiger partial charge in [-0.2, -0.15) is 5.26 Å². The van der Waals surface area contributed by atoms with Gasteiger partial charge in [0.2, 0.25) is 0 Å². The van der Waals surface area contributed by atoms with E-state index in [2.05, 4.69) is 6.42 Å². The molecular weight excluding hydrogens is 110 g/mol. The monoisotopic (exact) mass is 120 g/mol. The molecule has 1 heteroatoms. The van der Waals surface area contributed by atoms with Crippen molar-refractivity contribution < 1.29 is 0 Å². The van der Waals surface area contributed by atoms with E-state index < -0.39 is 0 Å². The second kappa shape index (κ2) is 3.29. The lowest BCUT2D eigenvalue weighted by Gasteiger charge is -2.10. The van der Waals surface area contributed by atoms with E-state index in [1.165, 1.54) is 18.4 Å². The highest BCUT2D eigenvalue weighted by Gasteiger charge is 2.03. The molecule has 0 unspecified atom stereocenters. The first-order valence-corrected chi connectivity index (χ1v) is 3.35. The maximum absolute atomic E-state index is 8.27. The lowest BCUT2D eigenvalue weighted by atomic mass is 9.95. The molecule has 0 aromatic rings. The molecule has 0 aromatic carbocycles. The molecule has 0 amide bonds. The van der Waals surface area contributed by atoms with Crippen molar-refractivity contribution in [3.63, 3.8) is 0 Å². The van der Waals surface area contributed by atoms with Gasteiger partial charge < -0.3 is 0 Å². The molecule has 0 heterocycles. The van der Waals surface area contributed by atoms with Crippen molar-refractivity contribution in [3.05, 3.63) is 18.1 Å². The molecule has 1 rings (SSSR count). The zero-order valence-electron chi connectivity index (χ0n) is 5.43. The predicted octanol–water partition coefficient (Wildman–Crippen LogP) is 2.21. The Balaban J connectivity index is 2.42. The quantitative estimate of drug-likeness (QED) is 0.449. The number of allylic oxidation sites excluding steroid dienone is 2. The van der Waals surface area contributed by atoms with E-state index in [-0.39, 0.29) is 0 Å². The van der Waals surface area contributed by atoms with E-state index >= 15 is 0 Å². The maximum Gasteiger partial charge on any atom is 0.0911 e. The van der Waals surface area contributed by atoms with Crippen molar-refractivity contribution in [2.24, 2.45) is 0 Å². The average Bonchev–Trinajstić information content (AvgIpc) is 1.91. The Labute approximate surface area is 56.0 Å². The SMILES string of the molecule is N#C/C=C1\[CH]CCCC1. The van der Waals surface area contributed by atoms with Crippen LogP contribution < -0.4 is 0 Å². The molecule has 0 atom stereocenters. The summed E-state index contributed by atoms with van der Waals surface area (Å²) in [4.78, 5) is 0. The predicted molar refractivity (Wildman–Crippen MR) is 36.5 cm³/mol. The summed E-state index contributed by atoms with van der Waals surface area (Å²) in [5.41, 5.74) is 1.23. The first kappa shape index (κ1) is 6.35. The largest absolute Gasteiger partial charge is 0.193 e. The summed E-state index contributed by atoms with van der Waals surface area (Å²) in [7, 11) is 0. The van der Waals surface area contributed by atoms with Crippen LogP contribution in [-0.2, 0) is 0 Å². The van der Waals surface area contributed by atoms with Gasteiger partial charge in [-0.15, -0.1) is 0 Å². The maximum atomic E-state index is 8.27. The molecule has 9 heavy (non-hydrogen) atoms. The fourth-order valence-corrected chi connectivity index (χ4v) is 1.08. The van der Waals surface area contributed by atoms with E-state index in [1.807, 2.05) is 6.07 Å². The van der Waals surface area contributed by atoms with E-state index in [1.54, 1.807) is 6.08 Å². The molecular formula is C8H10N. The van der Waals surface area contributed by atoms with Crippen LogP contribution in [0.4, 0.5) is 0 Å². The van der Waals surface area contributed by atoms with Crippen LogP contribution in [0.15, 0.2) is 11.6 Å². The number of nitriles is 1. The Morgan fingerprint density at radius 2 is 2.44 bits per heavy atom. The van der Waals surface area contributed by atoms with Crippen LogP contribution in [0.1, 0.15) is 25.7 Å². The summed E-state index contributed by atoms with van der Waals surface area (Å²) in [5, 5.41) is 8.27. The second-order valence-electron chi connectivity index (χ2n) is 2.30. The minimum Gasteiger partial charge on any atom is -0.193 e. The van der Waals surface area contributed by atoms with Gasteiger partial charge in [0.05, 0.1) is 6.07 Å². The number of hydrogen-bond acceptors (Lipinski definition) is 1. The Morgan fingerprint density at radius 1 is 1.56 bits per heavy atom. The zero-order valence-corrected chi connectivity index (χ0v) is 5.43. The minimum atomic E-state index is 1.10. The molecule has 47 valence electrons. The molecule has 1 aliphatic carbocycles. The van der Waals surface area contributed by atoms with E-state index in [9.17, 15) is 0 Å².